The smallest absolute Gasteiger partial charge is 0.0657 e. The molecule has 0 saturated heterocycles. The van der Waals surface area contributed by atoms with Gasteiger partial charge in [-0.3, -0.25) is 0 Å². The van der Waals surface area contributed by atoms with Crippen molar-refractivity contribution >= 4 is 0 Å². The summed E-state index contributed by atoms with van der Waals surface area (Å²) in [6.07, 6.45) is 24.9. The first kappa shape index (κ1) is 23.4. The van der Waals surface area contributed by atoms with Crippen LogP contribution in [0.2, 0.25) is 0 Å². The van der Waals surface area contributed by atoms with Crippen molar-refractivity contribution in [2.24, 2.45) is 46.3 Å². The van der Waals surface area contributed by atoms with Gasteiger partial charge in [0.2, 0.25) is 0 Å². The summed E-state index contributed by atoms with van der Waals surface area (Å²) in [7, 11) is 0. The average Bonchev–Trinajstić information content (AvgIpc) is 3.12. The van der Waals surface area contributed by atoms with Crippen molar-refractivity contribution in [3.8, 4) is 0 Å². The Morgan fingerprint density at radius 1 is 0.938 bits per heavy atom. The molecule has 5 aliphatic rings. The van der Waals surface area contributed by atoms with E-state index in [0.717, 1.165) is 48.3 Å². The highest BCUT2D eigenvalue weighted by molar-refractivity contribution is 5.26. The Kier molecular flexibility index (Phi) is 6.39. The van der Waals surface area contributed by atoms with E-state index in [4.69, 9.17) is 0 Å². The largest absolute Gasteiger partial charge is 0.390 e. The maximum absolute atomic E-state index is 10.7. The third kappa shape index (κ3) is 4.05. The van der Waals surface area contributed by atoms with Gasteiger partial charge in [0, 0.05) is 0 Å². The second-order valence-electron chi connectivity index (χ2n) is 14.1. The second kappa shape index (κ2) is 8.73. The van der Waals surface area contributed by atoms with Crippen molar-refractivity contribution in [2.45, 2.75) is 136 Å². The molecule has 1 N–H and O–H groups in total. The predicted octanol–water partition coefficient (Wildman–Crippen LogP) is 8.70. The molecule has 0 aromatic heterocycles. The second-order valence-corrected chi connectivity index (χ2v) is 14.1. The molecule has 1 nitrogen and oxygen atoms in total. The molecule has 0 aliphatic heterocycles. The Balaban J connectivity index is 1.24. The van der Waals surface area contributed by atoms with Crippen LogP contribution in [-0.4, -0.2) is 10.7 Å². The van der Waals surface area contributed by atoms with Crippen molar-refractivity contribution in [3.05, 3.63) is 11.6 Å². The molecule has 32 heavy (non-hydrogen) atoms. The van der Waals surface area contributed by atoms with E-state index >= 15 is 0 Å². The number of allylic oxidation sites excluding steroid dienone is 1. The van der Waals surface area contributed by atoms with Gasteiger partial charge in [0.05, 0.1) is 5.60 Å². The fraction of sp³-hybridized carbons (Fsp3) is 0.935. The van der Waals surface area contributed by atoms with Crippen LogP contribution in [0.25, 0.3) is 0 Å². The van der Waals surface area contributed by atoms with Gasteiger partial charge in [0.15, 0.2) is 0 Å². The fourth-order valence-electron chi connectivity index (χ4n) is 10.2. The topological polar surface area (TPSA) is 20.2 Å². The zero-order valence-electron chi connectivity index (χ0n) is 21.8. The molecule has 182 valence electrons. The summed E-state index contributed by atoms with van der Waals surface area (Å²) >= 11 is 0. The lowest BCUT2D eigenvalue weighted by Crippen LogP contribution is -2.52. The molecule has 8 atom stereocenters. The molecule has 0 spiro atoms. The molecular formula is C31H52O. The Hall–Kier alpha value is -0.300. The van der Waals surface area contributed by atoms with Gasteiger partial charge in [-0.05, 0) is 105 Å². The zero-order valence-corrected chi connectivity index (χ0v) is 21.8. The Morgan fingerprint density at radius 3 is 2.50 bits per heavy atom. The monoisotopic (exact) mass is 440 g/mol. The van der Waals surface area contributed by atoms with E-state index in [9.17, 15) is 5.11 Å². The molecule has 0 aromatic rings. The summed E-state index contributed by atoms with van der Waals surface area (Å²) in [6.45, 7) is 9.98. The maximum Gasteiger partial charge on any atom is 0.0657 e. The maximum atomic E-state index is 10.7. The third-order valence-corrected chi connectivity index (χ3v) is 12.1. The Bertz CT molecular complexity index is 699. The van der Waals surface area contributed by atoms with Crippen molar-refractivity contribution < 1.29 is 5.11 Å². The van der Waals surface area contributed by atoms with Gasteiger partial charge in [0.25, 0.3) is 0 Å². The molecule has 4 saturated carbocycles. The van der Waals surface area contributed by atoms with Crippen molar-refractivity contribution in [3.63, 3.8) is 0 Å². The molecule has 5 rings (SSSR count). The summed E-state index contributed by atoms with van der Waals surface area (Å²) in [5, 5.41) is 10.7. The van der Waals surface area contributed by atoms with Gasteiger partial charge in [-0.25, -0.2) is 0 Å². The summed E-state index contributed by atoms with van der Waals surface area (Å²) in [6, 6.07) is 0. The van der Waals surface area contributed by atoms with Crippen molar-refractivity contribution in [1.82, 2.24) is 0 Å². The molecule has 0 amide bonds. The minimum atomic E-state index is -0.465. The number of rotatable bonds is 5. The molecule has 0 radical (unpaired) electrons. The molecule has 1 heteroatoms. The Morgan fingerprint density at radius 2 is 1.72 bits per heavy atom. The number of hydrogen-bond acceptors (Lipinski definition) is 1. The van der Waals surface area contributed by atoms with Crippen LogP contribution in [0, 0.1) is 46.3 Å². The lowest BCUT2D eigenvalue weighted by Gasteiger charge is -2.59. The third-order valence-electron chi connectivity index (χ3n) is 12.1. The van der Waals surface area contributed by atoms with Crippen LogP contribution in [0.1, 0.15) is 130 Å². The average molecular weight is 441 g/mol. The predicted molar refractivity (Wildman–Crippen MR) is 135 cm³/mol. The lowest BCUT2D eigenvalue weighted by atomic mass is 9.46. The van der Waals surface area contributed by atoms with Crippen LogP contribution >= 0.6 is 0 Å². The van der Waals surface area contributed by atoms with Crippen LogP contribution in [0.5, 0.6) is 0 Å². The van der Waals surface area contributed by atoms with E-state index in [1.807, 2.05) is 0 Å². The molecule has 0 heterocycles. The fourth-order valence-corrected chi connectivity index (χ4v) is 10.2. The van der Waals surface area contributed by atoms with E-state index in [1.165, 1.54) is 89.9 Å². The highest BCUT2D eigenvalue weighted by Gasteiger charge is 2.59. The zero-order chi connectivity index (χ0) is 22.6. The van der Waals surface area contributed by atoms with Gasteiger partial charge in [0.1, 0.15) is 0 Å². The van der Waals surface area contributed by atoms with Crippen molar-refractivity contribution in [2.75, 3.05) is 0 Å². The summed E-state index contributed by atoms with van der Waals surface area (Å²) in [5.74, 6) is 5.66. The molecule has 0 aromatic carbocycles. The normalized spacial score (nSPS) is 47.8. The van der Waals surface area contributed by atoms with E-state index in [0.29, 0.717) is 10.8 Å². The van der Waals surface area contributed by atoms with Gasteiger partial charge in [-0.15, -0.1) is 0 Å². The lowest BCUT2D eigenvalue weighted by molar-refractivity contribution is -0.0706. The minimum Gasteiger partial charge on any atom is -0.390 e. The highest BCUT2D eigenvalue weighted by atomic mass is 16.3. The standard InChI is InChI=1S/C31H52O/c1-22(9-8-12-23-10-6-5-7-11-23)26-15-16-27-25-14-13-24-21-29(2,32)19-20-30(24,3)28(25)17-18-31(26,27)4/h13,22-23,25-28,32H,5-12,14-21H2,1-4H3/t22-,25+,26-,27+,28+,29+,30+,31-/m1/s1. The molecule has 0 bridgehead atoms. The van der Waals surface area contributed by atoms with E-state index in [1.54, 1.807) is 5.57 Å². The summed E-state index contributed by atoms with van der Waals surface area (Å²) in [4.78, 5) is 0. The molecule has 0 unspecified atom stereocenters. The minimum absolute atomic E-state index is 0.371. The van der Waals surface area contributed by atoms with Crippen LogP contribution in [0.15, 0.2) is 11.6 Å². The van der Waals surface area contributed by atoms with Gasteiger partial charge >= 0.3 is 0 Å². The van der Waals surface area contributed by atoms with Crippen molar-refractivity contribution in [1.29, 1.82) is 0 Å². The first-order valence-corrected chi connectivity index (χ1v) is 14.6. The summed E-state index contributed by atoms with van der Waals surface area (Å²) in [5.41, 5.74) is 2.11. The highest BCUT2D eigenvalue weighted by Crippen LogP contribution is 2.67. The number of fused-ring (bicyclic) bond motifs is 5. The Labute approximate surface area is 199 Å². The van der Waals surface area contributed by atoms with Crippen LogP contribution < -0.4 is 0 Å². The first-order chi connectivity index (χ1) is 15.2. The van der Waals surface area contributed by atoms with E-state index in [2.05, 4.69) is 33.8 Å². The molecule has 4 fully saturated rings. The van der Waals surface area contributed by atoms with Gasteiger partial charge < -0.3 is 5.11 Å². The van der Waals surface area contributed by atoms with Crippen LogP contribution in [-0.2, 0) is 0 Å². The number of hydrogen-bond donors (Lipinski definition) is 1. The molecule has 5 aliphatic carbocycles. The van der Waals surface area contributed by atoms with Gasteiger partial charge in [-0.2, -0.15) is 0 Å². The molecular weight excluding hydrogens is 388 g/mol. The van der Waals surface area contributed by atoms with E-state index in [-0.39, 0.29) is 0 Å². The summed E-state index contributed by atoms with van der Waals surface area (Å²) < 4.78 is 0. The van der Waals surface area contributed by atoms with Crippen LogP contribution in [0.4, 0.5) is 0 Å². The quantitative estimate of drug-likeness (QED) is 0.424. The SMILES string of the molecule is C[C@H](CCCC1CCCCC1)[C@H]1CC[C@H]2[C@@H]3CC=C4C[C@@](C)(O)CC[C@]4(C)[C@H]3CC[C@]12C. The van der Waals surface area contributed by atoms with Crippen LogP contribution in [0.3, 0.4) is 0 Å². The van der Waals surface area contributed by atoms with Gasteiger partial charge in [-0.1, -0.05) is 83.8 Å². The number of aliphatic hydroxyl groups is 1. The van der Waals surface area contributed by atoms with E-state index < -0.39 is 5.60 Å². The first-order valence-electron chi connectivity index (χ1n) is 14.6.